The van der Waals surface area contributed by atoms with Crippen LogP contribution < -0.4 is 5.32 Å². The quantitative estimate of drug-likeness (QED) is 0.679. The van der Waals surface area contributed by atoms with E-state index in [1.807, 2.05) is 13.0 Å². The van der Waals surface area contributed by atoms with Gasteiger partial charge >= 0.3 is 0 Å². The maximum absolute atomic E-state index is 12.4. The van der Waals surface area contributed by atoms with Crippen molar-refractivity contribution >= 4 is 35.0 Å². The summed E-state index contributed by atoms with van der Waals surface area (Å²) < 4.78 is 0. The van der Waals surface area contributed by atoms with Crippen LogP contribution in [0.4, 0.5) is 5.82 Å². The van der Waals surface area contributed by atoms with Gasteiger partial charge in [-0.25, -0.2) is 4.98 Å². The van der Waals surface area contributed by atoms with Crippen molar-refractivity contribution in [2.24, 2.45) is 5.92 Å². The second-order valence-electron chi connectivity index (χ2n) is 5.84. The number of nitriles is 1. The molecule has 1 aliphatic carbocycles. The van der Waals surface area contributed by atoms with Crippen molar-refractivity contribution in [1.82, 2.24) is 20.2 Å². The van der Waals surface area contributed by atoms with Gasteiger partial charge in [-0.15, -0.1) is 12.4 Å². The Kier molecular flexibility index (Phi) is 3.99. The highest BCUT2D eigenvalue weighted by molar-refractivity contribution is 6.02. The van der Waals surface area contributed by atoms with Gasteiger partial charge in [-0.05, 0) is 31.0 Å². The molecular formula is C16H15ClN6O. The van der Waals surface area contributed by atoms with E-state index in [0.29, 0.717) is 11.4 Å². The van der Waals surface area contributed by atoms with E-state index in [9.17, 15) is 4.79 Å². The Balaban J connectivity index is 0.00000169. The Morgan fingerprint density at radius 3 is 3.00 bits per heavy atom. The Morgan fingerprint density at radius 2 is 2.29 bits per heavy atom. The fraction of sp³-hybridized carbons (Fsp3) is 0.250. The number of aryl methyl sites for hydroxylation is 1. The lowest BCUT2D eigenvalue weighted by Gasteiger charge is -2.03. The zero-order valence-electron chi connectivity index (χ0n) is 12.8. The van der Waals surface area contributed by atoms with E-state index < -0.39 is 0 Å². The zero-order valence-corrected chi connectivity index (χ0v) is 13.6. The molecule has 0 aliphatic heterocycles. The van der Waals surface area contributed by atoms with E-state index in [4.69, 9.17) is 5.26 Å². The van der Waals surface area contributed by atoms with Gasteiger partial charge in [0.15, 0.2) is 5.82 Å². The van der Waals surface area contributed by atoms with Gasteiger partial charge in [-0.1, -0.05) is 0 Å². The number of benzene rings is 1. The van der Waals surface area contributed by atoms with Crippen LogP contribution >= 0.6 is 12.4 Å². The molecule has 1 aliphatic rings. The maximum atomic E-state index is 12.4. The number of nitrogens with zero attached hydrogens (tertiary/aromatic N) is 3. The highest BCUT2D eigenvalue weighted by Crippen LogP contribution is 2.47. The fourth-order valence-electron chi connectivity index (χ4n) is 2.90. The second-order valence-corrected chi connectivity index (χ2v) is 5.84. The third-order valence-electron chi connectivity index (χ3n) is 4.32. The molecule has 2 aromatic heterocycles. The molecule has 0 bridgehead atoms. The van der Waals surface area contributed by atoms with Gasteiger partial charge in [-0.2, -0.15) is 10.4 Å². The molecule has 1 saturated carbocycles. The van der Waals surface area contributed by atoms with Crippen molar-refractivity contribution in [2.75, 3.05) is 5.32 Å². The van der Waals surface area contributed by atoms with Gasteiger partial charge in [0, 0.05) is 29.1 Å². The third kappa shape index (κ3) is 2.61. The molecule has 2 heterocycles. The number of amides is 1. The molecule has 24 heavy (non-hydrogen) atoms. The monoisotopic (exact) mass is 342 g/mol. The SMILES string of the molecule is Cc1cc2c(NC(=O)[C@@H]3C[C@H]3c3cnc[nH]3)n[nH]c2cc1C#N.Cl. The van der Waals surface area contributed by atoms with Crippen molar-refractivity contribution in [3.8, 4) is 6.07 Å². The summed E-state index contributed by atoms with van der Waals surface area (Å²) in [6.07, 6.45) is 4.20. The van der Waals surface area contributed by atoms with Crippen LogP contribution in [-0.4, -0.2) is 26.1 Å². The minimum absolute atomic E-state index is 0. The molecule has 4 rings (SSSR count). The summed E-state index contributed by atoms with van der Waals surface area (Å²) in [5, 5.41) is 19.8. The highest BCUT2D eigenvalue weighted by Gasteiger charge is 2.45. The maximum Gasteiger partial charge on any atom is 0.229 e. The van der Waals surface area contributed by atoms with Crippen LogP contribution in [0.2, 0.25) is 0 Å². The predicted octanol–water partition coefficient (Wildman–Crippen LogP) is 2.63. The average molecular weight is 343 g/mol. The lowest BCUT2D eigenvalue weighted by atomic mass is 10.1. The summed E-state index contributed by atoms with van der Waals surface area (Å²) >= 11 is 0. The van der Waals surface area contributed by atoms with Crippen molar-refractivity contribution in [3.63, 3.8) is 0 Å². The van der Waals surface area contributed by atoms with E-state index in [1.165, 1.54) is 0 Å². The Bertz CT molecular complexity index is 940. The van der Waals surface area contributed by atoms with Crippen LogP contribution in [0.3, 0.4) is 0 Å². The minimum atomic E-state index is -0.0540. The predicted molar refractivity (Wildman–Crippen MR) is 90.9 cm³/mol. The van der Waals surface area contributed by atoms with Crippen molar-refractivity contribution in [1.29, 1.82) is 5.26 Å². The Labute approximate surface area is 143 Å². The number of imidazole rings is 1. The molecule has 2 atom stereocenters. The average Bonchev–Trinajstić information content (AvgIpc) is 2.99. The molecule has 0 spiro atoms. The van der Waals surface area contributed by atoms with Gasteiger partial charge in [0.25, 0.3) is 0 Å². The molecule has 122 valence electrons. The molecular weight excluding hydrogens is 328 g/mol. The van der Waals surface area contributed by atoms with Gasteiger partial charge < -0.3 is 10.3 Å². The molecule has 0 unspecified atom stereocenters. The van der Waals surface area contributed by atoms with Crippen LogP contribution in [0.5, 0.6) is 0 Å². The molecule has 0 saturated heterocycles. The number of carbonyl (C=O) groups is 1. The van der Waals surface area contributed by atoms with Crippen LogP contribution in [0, 0.1) is 24.2 Å². The highest BCUT2D eigenvalue weighted by atomic mass is 35.5. The van der Waals surface area contributed by atoms with E-state index in [2.05, 4.69) is 31.6 Å². The van der Waals surface area contributed by atoms with Crippen molar-refractivity contribution < 1.29 is 4.79 Å². The number of nitrogens with one attached hydrogen (secondary N) is 3. The number of fused-ring (bicyclic) bond motifs is 1. The Hall–Kier alpha value is -2.85. The Morgan fingerprint density at radius 1 is 1.46 bits per heavy atom. The number of hydrogen-bond donors (Lipinski definition) is 3. The summed E-state index contributed by atoms with van der Waals surface area (Å²) in [4.78, 5) is 19.4. The number of aromatic nitrogens is 4. The summed E-state index contributed by atoms with van der Waals surface area (Å²) in [5.41, 5.74) is 3.19. The summed E-state index contributed by atoms with van der Waals surface area (Å²) in [6, 6.07) is 5.76. The molecule has 1 aromatic carbocycles. The topological polar surface area (TPSA) is 110 Å². The first-order chi connectivity index (χ1) is 11.2. The first-order valence-corrected chi connectivity index (χ1v) is 7.35. The van der Waals surface area contributed by atoms with Gasteiger partial charge in [0.05, 0.1) is 23.5 Å². The second kappa shape index (κ2) is 5.98. The van der Waals surface area contributed by atoms with Crippen LogP contribution in [-0.2, 0) is 4.79 Å². The normalized spacial score (nSPS) is 18.7. The molecule has 8 heteroatoms. The van der Waals surface area contributed by atoms with E-state index in [1.54, 1.807) is 18.6 Å². The van der Waals surface area contributed by atoms with Crippen LogP contribution in [0.25, 0.3) is 10.9 Å². The van der Waals surface area contributed by atoms with Gasteiger partial charge in [-0.3, -0.25) is 9.89 Å². The summed E-state index contributed by atoms with van der Waals surface area (Å²) in [5.74, 6) is 0.615. The van der Waals surface area contributed by atoms with Crippen LogP contribution in [0.1, 0.15) is 29.2 Å². The summed E-state index contributed by atoms with van der Waals surface area (Å²) in [6.45, 7) is 1.87. The fourth-order valence-corrected chi connectivity index (χ4v) is 2.90. The number of anilines is 1. The van der Waals surface area contributed by atoms with E-state index in [0.717, 1.165) is 28.6 Å². The molecule has 1 fully saturated rings. The first kappa shape index (κ1) is 16.0. The standard InChI is InChI=1S/C16H14N6O.ClH/c1-8-2-12-13(3-9(8)5-17)21-22-15(12)20-16(23)11-4-10(11)14-6-18-7-19-14;/h2-3,6-7,10-11H,4H2,1H3,(H,18,19)(H2,20,21,22,23);1H/t10-,11-;/m1./s1. The van der Waals surface area contributed by atoms with E-state index >= 15 is 0 Å². The van der Waals surface area contributed by atoms with Crippen molar-refractivity contribution in [3.05, 3.63) is 41.5 Å². The number of hydrogen-bond acceptors (Lipinski definition) is 4. The molecule has 7 nitrogen and oxygen atoms in total. The summed E-state index contributed by atoms with van der Waals surface area (Å²) in [7, 11) is 0. The largest absolute Gasteiger partial charge is 0.348 e. The minimum Gasteiger partial charge on any atom is -0.348 e. The number of rotatable bonds is 3. The number of carbonyl (C=O) groups excluding carboxylic acids is 1. The lowest BCUT2D eigenvalue weighted by molar-refractivity contribution is -0.117. The number of H-pyrrole nitrogens is 2. The smallest absolute Gasteiger partial charge is 0.229 e. The lowest BCUT2D eigenvalue weighted by Crippen LogP contribution is -2.15. The number of aromatic amines is 2. The molecule has 3 aromatic rings. The molecule has 0 radical (unpaired) electrons. The first-order valence-electron chi connectivity index (χ1n) is 7.35. The zero-order chi connectivity index (χ0) is 16.0. The third-order valence-corrected chi connectivity index (χ3v) is 4.32. The van der Waals surface area contributed by atoms with Crippen molar-refractivity contribution in [2.45, 2.75) is 19.3 Å². The van der Waals surface area contributed by atoms with Gasteiger partial charge in [0.2, 0.25) is 5.91 Å². The van der Waals surface area contributed by atoms with Crippen LogP contribution in [0.15, 0.2) is 24.7 Å². The molecule has 3 N–H and O–H groups in total. The molecule has 1 amide bonds. The van der Waals surface area contributed by atoms with Gasteiger partial charge in [0.1, 0.15) is 0 Å². The number of halogens is 1. The van der Waals surface area contributed by atoms with E-state index in [-0.39, 0.29) is 30.2 Å².